The van der Waals surface area contributed by atoms with Crippen LogP contribution >= 0.6 is 0 Å². The highest BCUT2D eigenvalue weighted by Crippen LogP contribution is 2.47. The first-order valence-corrected chi connectivity index (χ1v) is 16.4. The van der Waals surface area contributed by atoms with Gasteiger partial charge >= 0.3 is 0 Å². The summed E-state index contributed by atoms with van der Waals surface area (Å²) >= 11 is 0. The minimum atomic E-state index is -2.12. The number of nitro groups is 1. The lowest BCUT2D eigenvalue weighted by Gasteiger charge is -2.28. The maximum absolute atomic E-state index is 14.0. The molecule has 48 heavy (non-hydrogen) atoms. The quantitative estimate of drug-likeness (QED) is 0.155. The number of carbonyl (C=O) groups is 3. The Balaban J connectivity index is 1.35. The fourth-order valence-corrected chi connectivity index (χ4v) is 6.46. The Morgan fingerprint density at radius 3 is 2.46 bits per heavy atom. The highest BCUT2D eigenvalue weighted by Gasteiger charge is 2.53. The van der Waals surface area contributed by atoms with Crippen molar-refractivity contribution in [1.82, 2.24) is 4.90 Å². The summed E-state index contributed by atoms with van der Waals surface area (Å²) < 4.78 is 0. The van der Waals surface area contributed by atoms with Crippen LogP contribution in [0.4, 0.5) is 17.1 Å². The standard InChI is InChI=1S/C37H42N4O7/c1-27(10-9-14-34(43)38(22-23-42)25-28-11-5-4-6-12-28)37(46)32-24-31(41(47)48)19-20-33(32)40(36(37)45)26-29-15-17-30(18-16-29)39-21-8-3-2-7-13-35(39)44/h4-6,9-12,15-20,24,27,42,46H,2-3,7-8,13-14,21-23,25-26H2,1H3/b10-9+/t27-,37+/m0/s1. The van der Waals surface area contributed by atoms with Crippen LogP contribution in [0.2, 0.25) is 0 Å². The molecule has 0 spiro atoms. The topological polar surface area (TPSA) is 145 Å². The van der Waals surface area contributed by atoms with Gasteiger partial charge in [-0.05, 0) is 42.2 Å². The fraction of sp³-hybridized carbons (Fsp3) is 0.378. The normalized spacial score (nSPS) is 18.8. The lowest BCUT2D eigenvalue weighted by atomic mass is 9.82. The zero-order valence-corrected chi connectivity index (χ0v) is 27.2. The third-order valence-corrected chi connectivity index (χ3v) is 9.19. The van der Waals surface area contributed by atoms with E-state index in [4.69, 9.17) is 0 Å². The summed E-state index contributed by atoms with van der Waals surface area (Å²) in [4.78, 5) is 55.7. The number of nitro benzene ring substituents is 1. The Labute approximate surface area is 280 Å². The SMILES string of the molecule is C[C@@H](/C=C/CC(=O)N(CCO)Cc1ccccc1)[C@]1(O)C(=O)N(Cc2ccc(N3CCCCCCC3=O)cc2)c2ccc([N+](=O)[O-])cc21. The van der Waals surface area contributed by atoms with E-state index >= 15 is 0 Å². The number of aliphatic hydroxyl groups is 2. The predicted octanol–water partition coefficient (Wildman–Crippen LogP) is 5.23. The van der Waals surface area contributed by atoms with Crippen LogP contribution in [0.1, 0.15) is 62.1 Å². The second-order valence-corrected chi connectivity index (χ2v) is 12.4. The molecule has 252 valence electrons. The summed E-state index contributed by atoms with van der Waals surface area (Å²) in [7, 11) is 0. The Morgan fingerprint density at radius 2 is 1.75 bits per heavy atom. The molecule has 3 aromatic rings. The van der Waals surface area contributed by atoms with Crippen LogP contribution < -0.4 is 9.80 Å². The summed E-state index contributed by atoms with van der Waals surface area (Å²) in [5, 5.41) is 33.2. The molecule has 0 unspecified atom stereocenters. The molecule has 2 atom stereocenters. The van der Waals surface area contributed by atoms with Crippen molar-refractivity contribution in [2.24, 2.45) is 5.92 Å². The maximum atomic E-state index is 14.0. The number of aliphatic hydroxyl groups excluding tert-OH is 1. The van der Waals surface area contributed by atoms with Crippen LogP contribution in [0, 0.1) is 16.0 Å². The lowest BCUT2D eigenvalue weighted by molar-refractivity contribution is -0.385. The number of fused-ring (bicyclic) bond motifs is 1. The molecule has 0 saturated carbocycles. The van der Waals surface area contributed by atoms with Crippen molar-refractivity contribution >= 4 is 34.8 Å². The van der Waals surface area contributed by atoms with E-state index in [1.807, 2.05) is 54.6 Å². The average molecular weight is 655 g/mol. The molecule has 0 aliphatic carbocycles. The van der Waals surface area contributed by atoms with Gasteiger partial charge in [0.15, 0.2) is 5.60 Å². The molecule has 2 heterocycles. The van der Waals surface area contributed by atoms with Crippen LogP contribution in [-0.2, 0) is 33.1 Å². The number of hydrogen-bond donors (Lipinski definition) is 2. The first-order chi connectivity index (χ1) is 23.1. The first-order valence-electron chi connectivity index (χ1n) is 16.4. The van der Waals surface area contributed by atoms with Crippen molar-refractivity contribution in [2.75, 3.05) is 29.5 Å². The number of anilines is 2. The number of carbonyl (C=O) groups excluding carboxylic acids is 3. The molecule has 3 aromatic carbocycles. The number of hydrogen-bond acceptors (Lipinski definition) is 7. The van der Waals surface area contributed by atoms with Crippen LogP contribution in [0.25, 0.3) is 0 Å². The van der Waals surface area contributed by atoms with E-state index in [2.05, 4.69) is 0 Å². The molecule has 0 radical (unpaired) electrons. The van der Waals surface area contributed by atoms with E-state index in [9.17, 15) is 34.7 Å². The zero-order chi connectivity index (χ0) is 34.3. The van der Waals surface area contributed by atoms with Gasteiger partial charge in [0.2, 0.25) is 11.8 Å². The summed E-state index contributed by atoms with van der Waals surface area (Å²) in [6, 6.07) is 20.9. The van der Waals surface area contributed by atoms with Gasteiger partial charge < -0.3 is 24.9 Å². The van der Waals surface area contributed by atoms with Crippen molar-refractivity contribution in [1.29, 1.82) is 0 Å². The molecule has 11 heteroatoms. The molecule has 1 fully saturated rings. The summed E-state index contributed by atoms with van der Waals surface area (Å²) in [6.45, 7) is 2.68. The van der Waals surface area contributed by atoms with Gasteiger partial charge in [0.25, 0.3) is 11.6 Å². The first kappa shape index (κ1) is 34.5. The highest BCUT2D eigenvalue weighted by molar-refractivity contribution is 6.07. The number of benzene rings is 3. The summed E-state index contributed by atoms with van der Waals surface area (Å²) in [5.41, 5.74) is 0.588. The van der Waals surface area contributed by atoms with Crippen molar-refractivity contribution in [3.63, 3.8) is 0 Å². The second-order valence-electron chi connectivity index (χ2n) is 12.4. The molecule has 0 aromatic heterocycles. The van der Waals surface area contributed by atoms with Crippen molar-refractivity contribution in [3.05, 3.63) is 112 Å². The van der Waals surface area contributed by atoms with Gasteiger partial charge in [-0.3, -0.25) is 24.5 Å². The van der Waals surface area contributed by atoms with E-state index in [1.165, 1.54) is 28.0 Å². The van der Waals surface area contributed by atoms with Crippen molar-refractivity contribution in [3.8, 4) is 0 Å². The van der Waals surface area contributed by atoms with E-state index in [0.717, 1.165) is 42.5 Å². The molecule has 2 N–H and O–H groups in total. The smallest absolute Gasteiger partial charge is 0.269 e. The van der Waals surface area contributed by atoms with Gasteiger partial charge in [-0.15, -0.1) is 0 Å². The summed E-state index contributed by atoms with van der Waals surface area (Å²) in [5.74, 6) is -1.61. The second kappa shape index (κ2) is 15.4. The molecule has 1 saturated heterocycles. The fourth-order valence-electron chi connectivity index (χ4n) is 6.46. The molecule has 2 aliphatic rings. The van der Waals surface area contributed by atoms with Crippen LogP contribution in [-0.4, -0.2) is 57.5 Å². The van der Waals surface area contributed by atoms with Gasteiger partial charge in [-0.2, -0.15) is 0 Å². The minimum Gasteiger partial charge on any atom is -0.395 e. The highest BCUT2D eigenvalue weighted by atomic mass is 16.6. The number of amides is 3. The third kappa shape index (κ3) is 7.48. The van der Waals surface area contributed by atoms with Crippen LogP contribution in [0.15, 0.2) is 84.9 Å². The third-order valence-electron chi connectivity index (χ3n) is 9.19. The van der Waals surface area contributed by atoms with Crippen LogP contribution in [0.3, 0.4) is 0 Å². The van der Waals surface area contributed by atoms with Gasteiger partial charge in [-0.25, -0.2) is 0 Å². The Hall–Kier alpha value is -4.87. The number of rotatable bonds is 12. The van der Waals surface area contributed by atoms with E-state index in [-0.39, 0.29) is 49.2 Å². The van der Waals surface area contributed by atoms with Crippen molar-refractivity contribution < 1.29 is 29.5 Å². The maximum Gasteiger partial charge on any atom is 0.269 e. The van der Waals surface area contributed by atoms with Crippen molar-refractivity contribution in [2.45, 2.75) is 64.1 Å². The van der Waals surface area contributed by atoms with Gasteiger partial charge in [0.05, 0.1) is 23.8 Å². The number of nitrogens with zero attached hydrogens (tertiary/aromatic N) is 4. The predicted molar refractivity (Wildman–Crippen MR) is 182 cm³/mol. The Kier molecular flexibility index (Phi) is 11.0. The molecule has 3 amide bonds. The van der Waals surface area contributed by atoms with Gasteiger partial charge in [0, 0.05) is 61.8 Å². The van der Waals surface area contributed by atoms with E-state index in [0.29, 0.717) is 25.2 Å². The Bertz CT molecular complexity index is 1660. The minimum absolute atomic E-state index is 0.0289. The molecule has 11 nitrogen and oxygen atoms in total. The molecular formula is C37H42N4O7. The number of non-ortho nitro benzene ring substituents is 1. The summed E-state index contributed by atoms with van der Waals surface area (Å²) in [6.07, 6.45) is 7.61. The van der Waals surface area contributed by atoms with Gasteiger partial charge in [0.1, 0.15) is 0 Å². The Morgan fingerprint density at radius 1 is 1.02 bits per heavy atom. The van der Waals surface area contributed by atoms with E-state index < -0.39 is 22.3 Å². The molecular weight excluding hydrogens is 612 g/mol. The molecule has 0 bridgehead atoms. The monoisotopic (exact) mass is 654 g/mol. The van der Waals surface area contributed by atoms with Gasteiger partial charge in [-0.1, -0.05) is 74.4 Å². The van der Waals surface area contributed by atoms with Crippen LogP contribution in [0.5, 0.6) is 0 Å². The molecule has 2 aliphatic heterocycles. The van der Waals surface area contributed by atoms with E-state index in [1.54, 1.807) is 24.0 Å². The lowest BCUT2D eigenvalue weighted by Crippen LogP contribution is -2.44. The zero-order valence-electron chi connectivity index (χ0n) is 27.2. The average Bonchev–Trinajstić information content (AvgIpc) is 3.29. The molecule has 5 rings (SSSR count). The largest absolute Gasteiger partial charge is 0.395 e.